The SMILES string of the molecule is C1CCSC1.c1cn[nH]n1. The Morgan fingerprint density at radius 2 is 1.70 bits per heavy atom. The summed E-state index contributed by atoms with van der Waals surface area (Å²) in [5.74, 6) is 2.83. The van der Waals surface area contributed by atoms with E-state index in [4.69, 9.17) is 0 Å². The van der Waals surface area contributed by atoms with Crippen LogP contribution in [0.5, 0.6) is 0 Å². The summed E-state index contributed by atoms with van der Waals surface area (Å²) in [5, 5.41) is 9.33. The normalized spacial score (nSPS) is 16.0. The van der Waals surface area contributed by atoms with Crippen LogP contribution in [0.15, 0.2) is 12.4 Å². The Bertz CT molecular complexity index is 112. The number of nitrogens with one attached hydrogen (secondary N) is 1. The van der Waals surface area contributed by atoms with Gasteiger partial charge in [0.15, 0.2) is 0 Å². The molecule has 0 aliphatic carbocycles. The summed E-state index contributed by atoms with van der Waals surface area (Å²) in [6.07, 6.45) is 6.09. The number of hydrogen-bond donors (Lipinski definition) is 1. The van der Waals surface area contributed by atoms with Crippen molar-refractivity contribution in [3.05, 3.63) is 12.4 Å². The first kappa shape index (κ1) is 7.60. The molecule has 0 aromatic carbocycles. The molecule has 1 aromatic heterocycles. The maximum atomic E-state index is 3.49. The van der Waals surface area contributed by atoms with E-state index in [1.54, 1.807) is 12.4 Å². The number of rotatable bonds is 0. The van der Waals surface area contributed by atoms with E-state index in [0.29, 0.717) is 0 Å². The van der Waals surface area contributed by atoms with Crippen molar-refractivity contribution in [3.63, 3.8) is 0 Å². The van der Waals surface area contributed by atoms with Crippen molar-refractivity contribution in [3.8, 4) is 0 Å². The standard InChI is InChI=1S/C4H8S.C2H3N3/c2*1-2-4-5-3-1/h1-4H2;1-2H,(H,3,4,5). The molecule has 1 aliphatic heterocycles. The van der Waals surface area contributed by atoms with Gasteiger partial charge in [0.1, 0.15) is 0 Å². The average Bonchev–Trinajstić information content (AvgIpc) is 2.67. The first-order valence-electron chi connectivity index (χ1n) is 3.37. The quantitative estimate of drug-likeness (QED) is 0.617. The van der Waals surface area contributed by atoms with Crippen LogP contribution in [-0.4, -0.2) is 26.9 Å². The molecule has 1 saturated heterocycles. The third-order valence-electron chi connectivity index (χ3n) is 1.16. The molecule has 0 amide bonds. The highest BCUT2D eigenvalue weighted by Gasteiger charge is 1.95. The molecule has 1 fully saturated rings. The van der Waals surface area contributed by atoms with Crippen LogP contribution in [-0.2, 0) is 0 Å². The van der Waals surface area contributed by atoms with Gasteiger partial charge < -0.3 is 0 Å². The molecule has 4 heteroatoms. The molecule has 2 rings (SSSR count). The maximum absolute atomic E-state index is 3.49. The molecule has 0 atom stereocenters. The minimum Gasteiger partial charge on any atom is -0.198 e. The summed E-state index contributed by atoms with van der Waals surface area (Å²) in [6, 6.07) is 0. The second kappa shape index (κ2) is 5.29. The van der Waals surface area contributed by atoms with Gasteiger partial charge in [-0.15, -0.1) is 0 Å². The summed E-state index contributed by atoms with van der Waals surface area (Å²) in [7, 11) is 0. The minimum atomic E-state index is 1.42. The summed E-state index contributed by atoms with van der Waals surface area (Å²) in [5.41, 5.74) is 0. The molecule has 1 aliphatic rings. The highest BCUT2D eigenvalue weighted by atomic mass is 32.2. The molecular weight excluding hydrogens is 146 g/mol. The Balaban J connectivity index is 0.0000001000. The van der Waals surface area contributed by atoms with Crippen molar-refractivity contribution < 1.29 is 0 Å². The second-order valence-electron chi connectivity index (χ2n) is 1.98. The van der Waals surface area contributed by atoms with Crippen molar-refractivity contribution in [1.29, 1.82) is 0 Å². The van der Waals surface area contributed by atoms with Gasteiger partial charge in [0.25, 0.3) is 0 Å². The minimum absolute atomic E-state index is 1.42. The lowest BCUT2D eigenvalue weighted by Gasteiger charge is -1.69. The summed E-state index contributed by atoms with van der Waals surface area (Å²) in [6.45, 7) is 0. The van der Waals surface area contributed by atoms with Gasteiger partial charge in [-0.05, 0) is 24.3 Å². The van der Waals surface area contributed by atoms with Gasteiger partial charge in [0.2, 0.25) is 0 Å². The predicted octanol–water partition coefficient (Wildman–Crippen LogP) is 1.32. The average molecular weight is 157 g/mol. The molecule has 1 N–H and O–H groups in total. The van der Waals surface area contributed by atoms with Gasteiger partial charge in [-0.2, -0.15) is 27.2 Å². The van der Waals surface area contributed by atoms with E-state index in [1.165, 1.54) is 24.3 Å². The zero-order chi connectivity index (χ0) is 7.07. The van der Waals surface area contributed by atoms with Crippen LogP contribution >= 0.6 is 11.8 Å². The smallest absolute Gasteiger partial charge is 0.0690 e. The molecule has 0 radical (unpaired) electrons. The van der Waals surface area contributed by atoms with E-state index in [1.807, 2.05) is 0 Å². The first-order valence-corrected chi connectivity index (χ1v) is 4.53. The second-order valence-corrected chi connectivity index (χ2v) is 3.20. The number of aromatic nitrogens is 3. The third-order valence-corrected chi connectivity index (χ3v) is 2.31. The van der Waals surface area contributed by atoms with Crippen molar-refractivity contribution in [2.75, 3.05) is 11.5 Å². The number of nitrogens with zero attached hydrogens (tertiary/aromatic N) is 2. The van der Waals surface area contributed by atoms with Gasteiger partial charge >= 0.3 is 0 Å². The topological polar surface area (TPSA) is 41.6 Å². The molecule has 1 aromatic rings. The van der Waals surface area contributed by atoms with Crippen LogP contribution in [0.1, 0.15) is 12.8 Å². The zero-order valence-corrected chi connectivity index (χ0v) is 6.60. The van der Waals surface area contributed by atoms with E-state index in [0.717, 1.165) is 0 Å². The summed E-state index contributed by atoms with van der Waals surface area (Å²) >= 11 is 2.07. The lowest BCUT2D eigenvalue weighted by Crippen LogP contribution is -1.61. The number of aromatic amines is 1. The Morgan fingerprint density at radius 1 is 1.10 bits per heavy atom. The van der Waals surface area contributed by atoms with Gasteiger partial charge in [-0.1, -0.05) is 0 Å². The fourth-order valence-electron chi connectivity index (χ4n) is 0.677. The van der Waals surface area contributed by atoms with Crippen molar-refractivity contribution in [1.82, 2.24) is 15.4 Å². The molecule has 2 heterocycles. The third kappa shape index (κ3) is 3.50. The molecule has 0 spiro atoms. The molecule has 3 nitrogen and oxygen atoms in total. The first-order chi connectivity index (χ1) is 5.00. The van der Waals surface area contributed by atoms with Crippen LogP contribution in [0.25, 0.3) is 0 Å². The highest BCUT2D eigenvalue weighted by Crippen LogP contribution is 2.14. The van der Waals surface area contributed by atoms with Crippen LogP contribution in [0.4, 0.5) is 0 Å². The number of H-pyrrole nitrogens is 1. The maximum Gasteiger partial charge on any atom is 0.0690 e. The fourth-order valence-corrected chi connectivity index (χ4v) is 1.70. The zero-order valence-electron chi connectivity index (χ0n) is 5.79. The van der Waals surface area contributed by atoms with Gasteiger partial charge in [0, 0.05) is 0 Å². The van der Waals surface area contributed by atoms with E-state index in [2.05, 4.69) is 27.2 Å². The largest absolute Gasteiger partial charge is 0.198 e. The monoisotopic (exact) mass is 157 g/mol. The molecule has 0 saturated carbocycles. The number of thioether (sulfide) groups is 1. The van der Waals surface area contributed by atoms with Crippen LogP contribution in [0.3, 0.4) is 0 Å². The lowest BCUT2D eigenvalue weighted by atomic mass is 10.4. The summed E-state index contributed by atoms with van der Waals surface area (Å²) < 4.78 is 0. The molecule has 0 bridgehead atoms. The number of hydrogen-bond acceptors (Lipinski definition) is 3. The van der Waals surface area contributed by atoms with Gasteiger partial charge in [-0.3, -0.25) is 0 Å². The Hall–Kier alpha value is -0.510. The van der Waals surface area contributed by atoms with Gasteiger partial charge in [-0.25, -0.2) is 0 Å². The molecule has 10 heavy (non-hydrogen) atoms. The fraction of sp³-hybridized carbons (Fsp3) is 0.667. The van der Waals surface area contributed by atoms with Crippen molar-refractivity contribution in [2.45, 2.75) is 12.8 Å². The molecule has 56 valence electrons. The predicted molar refractivity (Wildman–Crippen MR) is 42.9 cm³/mol. The molecular formula is C6H11N3S. The Labute approximate surface area is 64.6 Å². The van der Waals surface area contributed by atoms with E-state index < -0.39 is 0 Å². The van der Waals surface area contributed by atoms with E-state index >= 15 is 0 Å². The lowest BCUT2D eigenvalue weighted by molar-refractivity contribution is 0.940. The van der Waals surface area contributed by atoms with E-state index in [9.17, 15) is 0 Å². The van der Waals surface area contributed by atoms with Gasteiger partial charge in [0.05, 0.1) is 12.4 Å². The molecule has 0 unspecified atom stereocenters. The summed E-state index contributed by atoms with van der Waals surface area (Å²) in [4.78, 5) is 0. The van der Waals surface area contributed by atoms with Crippen molar-refractivity contribution >= 4 is 11.8 Å². The Morgan fingerprint density at radius 3 is 1.90 bits per heavy atom. The van der Waals surface area contributed by atoms with Crippen LogP contribution in [0, 0.1) is 0 Å². The van der Waals surface area contributed by atoms with Crippen LogP contribution in [0.2, 0.25) is 0 Å². The highest BCUT2D eigenvalue weighted by molar-refractivity contribution is 7.99. The van der Waals surface area contributed by atoms with E-state index in [-0.39, 0.29) is 0 Å². The van der Waals surface area contributed by atoms with Crippen LogP contribution < -0.4 is 0 Å². The van der Waals surface area contributed by atoms with Crippen molar-refractivity contribution in [2.24, 2.45) is 0 Å². The Kier molecular flexibility index (Phi) is 4.02.